The van der Waals surface area contributed by atoms with Gasteiger partial charge in [0, 0.05) is 0 Å². The predicted octanol–water partition coefficient (Wildman–Crippen LogP) is 4.76. The molecule has 5 rings (SSSR count). The highest BCUT2D eigenvalue weighted by atomic mass is 15.1. The molecule has 2 aromatic heterocycles. The number of nitrogens with zero attached hydrogens (tertiary/aromatic N) is 3. The van der Waals surface area contributed by atoms with E-state index in [-0.39, 0.29) is 0 Å². The summed E-state index contributed by atoms with van der Waals surface area (Å²) >= 11 is 0. The molecule has 0 fully saturated rings. The molecular weight excluding hydrogens is 358 g/mol. The summed E-state index contributed by atoms with van der Waals surface area (Å²) in [6, 6.07) is 31.3. The molecule has 5 aromatic rings. The minimum absolute atomic E-state index is 0.630. The van der Waals surface area contributed by atoms with Crippen LogP contribution >= 0.6 is 0 Å². The Balaban J connectivity index is 1.82. The van der Waals surface area contributed by atoms with Crippen molar-refractivity contribution in [1.29, 1.82) is 0 Å². The van der Waals surface area contributed by atoms with Crippen molar-refractivity contribution < 1.29 is 0 Å². The van der Waals surface area contributed by atoms with E-state index < -0.39 is 5.54 Å². The summed E-state index contributed by atoms with van der Waals surface area (Å²) in [5.74, 6) is 0.698. The summed E-state index contributed by atoms with van der Waals surface area (Å²) in [6.07, 6.45) is 3.18. The molecule has 3 aromatic carbocycles. The second-order valence-corrected chi connectivity index (χ2v) is 6.80. The number of nitrogens with one attached hydrogen (secondary N) is 2. The van der Waals surface area contributed by atoms with Crippen LogP contribution in [0.2, 0.25) is 0 Å². The molecule has 140 valence electrons. The Morgan fingerprint density at radius 2 is 1.14 bits per heavy atom. The first kappa shape index (κ1) is 17.1. The molecule has 0 aliphatic carbocycles. The number of hydrogen-bond donors (Lipinski definition) is 2. The van der Waals surface area contributed by atoms with Crippen molar-refractivity contribution in [3.8, 4) is 0 Å². The molecule has 29 heavy (non-hydrogen) atoms. The maximum absolute atomic E-state index is 4.55. The van der Waals surface area contributed by atoms with Gasteiger partial charge in [0.25, 0.3) is 0 Å². The quantitative estimate of drug-likeness (QED) is 0.434. The number of imidazole rings is 1. The summed E-state index contributed by atoms with van der Waals surface area (Å²) in [7, 11) is 0. The van der Waals surface area contributed by atoms with Crippen LogP contribution in [0.1, 0.15) is 16.7 Å². The monoisotopic (exact) mass is 377 g/mol. The lowest BCUT2D eigenvalue weighted by atomic mass is 9.77. The summed E-state index contributed by atoms with van der Waals surface area (Å²) < 4.78 is 0. The molecule has 0 saturated heterocycles. The van der Waals surface area contributed by atoms with E-state index in [1.54, 1.807) is 6.33 Å². The van der Waals surface area contributed by atoms with E-state index in [9.17, 15) is 0 Å². The highest BCUT2D eigenvalue weighted by Gasteiger charge is 2.37. The van der Waals surface area contributed by atoms with Crippen LogP contribution < -0.4 is 5.32 Å². The van der Waals surface area contributed by atoms with Crippen molar-refractivity contribution in [1.82, 2.24) is 19.9 Å². The number of aromatic nitrogens is 4. The Kier molecular flexibility index (Phi) is 4.26. The average Bonchev–Trinajstić information content (AvgIpc) is 3.29. The zero-order chi connectivity index (χ0) is 19.5. The van der Waals surface area contributed by atoms with Crippen LogP contribution in [0, 0.1) is 0 Å². The first-order valence-corrected chi connectivity index (χ1v) is 9.47. The Bertz CT molecular complexity index is 1120. The third kappa shape index (κ3) is 2.93. The molecule has 0 spiro atoms. The van der Waals surface area contributed by atoms with Crippen LogP contribution in [-0.2, 0) is 5.54 Å². The van der Waals surface area contributed by atoms with Crippen LogP contribution in [-0.4, -0.2) is 19.9 Å². The molecule has 0 radical (unpaired) electrons. The third-order valence-corrected chi connectivity index (χ3v) is 5.15. The number of benzene rings is 3. The van der Waals surface area contributed by atoms with E-state index in [1.807, 2.05) is 18.2 Å². The fourth-order valence-corrected chi connectivity index (χ4v) is 3.82. The van der Waals surface area contributed by atoms with Crippen molar-refractivity contribution in [2.45, 2.75) is 5.54 Å². The smallest absolute Gasteiger partial charge is 0.182 e. The second kappa shape index (κ2) is 7.20. The minimum atomic E-state index is -0.643. The molecule has 0 bridgehead atoms. The Morgan fingerprint density at radius 3 is 1.66 bits per heavy atom. The molecule has 0 saturated carbocycles. The van der Waals surface area contributed by atoms with Crippen molar-refractivity contribution >= 4 is 17.0 Å². The standard InChI is InChI=1S/C24H19N5/c1-4-10-18(11-5-1)24(19-12-6-2-7-13-19,20-14-8-3-9-15-20)29-23-21-22(26-16-25-21)27-17-28-23/h1-17H,(H2,25,26,27,28,29). The summed E-state index contributed by atoms with van der Waals surface area (Å²) in [6.45, 7) is 0. The van der Waals surface area contributed by atoms with Gasteiger partial charge < -0.3 is 10.3 Å². The molecule has 2 N–H and O–H groups in total. The minimum Gasteiger partial charge on any atom is -0.351 e. The molecular formula is C24H19N5. The second-order valence-electron chi connectivity index (χ2n) is 6.80. The average molecular weight is 377 g/mol. The molecule has 2 heterocycles. The maximum Gasteiger partial charge on any atom is 0.182 e. The van der Waals surface area contributed by atoms with E-state index in [2.05, 4.69) is 98.0 Å². The fraction of sp³-hybridized carbons (Fsp3) is 0.0417. The molecule has 5 nitrogen and oxygen atoms in total. The lowest BCUT2D eigenvalue weighted by Crippen LogP contribution is -2.38. The zero-order valence-corrected chi connectivity index (χ0v) is 15.7. The van der Waals surface area contributed by atoms with Gasteiger partial charge in [0.1, 0.15) is 17.4 Å². The van der Waals surface area contributed by atoms with Gasteiger partial charge in [-0.3, -0.25) is 0 Å². The van der Waals surface area contributed by atoms with Crippen LogP contribution in [0.5, 0.6) is 0 Å². The number of H-pyrrole nitrogens is 1. The predicted molar refractivity (Wildman–Crippen MR) is 115 cm³/mol. The normalized spacial score (nSPS) is 11.4. The fourth-order valence-electron chi connectivity index (χ4n) is 3.82. The van der Waals surface area contributed by atoms with Crippen LogP contribution in [0.25, 0.3) is 11.2 Å². The summed E-state index contributed by atoms with van der Waals surface area (Å²) in [5, 5.41) is 3.75. The SMILES string of the molecule is c1ccc(C(Nc2ncnc3nc[nH]c23)(c2ccccc2)c2ccccc2)cc1. The van der Waals surface area contributed by atoms with Crippen LogP contribution in [0.3, 0.4) is 0 Å². The molecule has 5 heteroatoms. The highest BCUT2D eigenvalue weighted by molar-refractivity contribution is 5.83. The van der Waals surface area contributed by atoms with E-state index in [4.69, 9.17) is 0 Å². The number of aromatic amines is 1. The maximum atomic E-state index is 4.55. The number of rotatable bonds is 5. The topological polar surface area (TPSA) is 66.5 Å². The van der Waals surface area contributed by atoms with Gasteiger partial charge in [-0.25, -0.2) is 15.0 Å². The number of anilines is 1. The molecule has 0 aliphatic rings. The summed E-state index contributed by atoms with van der Waals surface area (Å²) in [4.78, 5) is 16.3. The number of hydrogen-bond acceptors (Lipinski definition) is 4. The number of fused-ring (bicyclic) bond motifs is 1. The lowest BCUT2D eigenvalue weighted by Gasteiger charge is -2.37. The first-order chi connectivity index (χ1) is 14.4. The van der Waals surface area contributed by atoms with E-state index >= 15 is 0 Å². The van der Waals surface area contributed by atoms with E-state index in [0.29, 0.717) is 11.5 Å². The Morgan fingerprint density at radius 1 is 0.621 bits per heavy atom. The molecule has 0 atom stereocenters. The van der Waals surface area contributed by atoms with Gasteiger partial charge in [-0.2, -0.15) is 0 Å². The van der Waals surface area contributed by atoms with Crippen molar-refractivity contribution in [2.75, 3.05) is 5.32 Å². The van der Waals surface area contributed by atoms with Gasteiger partial charge in [-0.1, -0.05) is 91.0 Å². The van der Waals surface area contributed by atoms with Crippen molar-refractivity contribution in [2.24, 2.45) is 0 Å². The molecule has 0 unspecified atom stereocenters. The van der Waals surface area contributed by atoms with Gasteiger partial charge >= 0.3 is 0 Å². The Labute approximate surface area is 168 Å². The molecule has 0 amide bonds. The van der Waals surface area contributed by atoms with Crippen LogP contribution in [0.15, 0.2) is 104 Å². The molecule has 0 aliphatic heterocycles. The largest absolute Gasteiger partial charge is 0.351 e. The highest BCUT2D eigenvalue weighted by Crippen LogP contribution is 2.40. The Hall–Kier alpha value is -3.99. The van der Waals surface area contributed by atoms with Crippen LogP contribution in [0.4, 0.5) is 5.82 Å². The van der Waals surface area contributed by atoms with Gasteiger partial charge in [0.05, 0.1) is 6.33 Å². The van der Waals surface area contributed by atoms with Crippen molar-refractivity contribution in [3.63, 3.8) is 0 Å². The van der Waals surface area contributed by atoms with Gasteiger partial charge in [-0.05, 0) is 16.7 Å². The first-order valence-electron chi connectivity index (χ1n) is 9.47. The van der Waals surface area contributed by atoms with E-state index in [1.165, 1.54) is 6.33 Å². The van der Waals surface area contributed by atoms with E-state index in [0.717, 1.165) is 22.2 Å². The van der Waals surface area contributed by atoms with Gasteiger partial charge in [0.15, 0.2) is 11.5 Å². The lowest BCUT2D eigenvalue weighted by molar-refractivity contribution is 0.707. The zero-order valence-electron chi connectivity index (χ0n) is 15.7. The third-order valence-electron chi connectivity index (χ3n) is 5.15. The van der Waals surface area contributed by atoms with Crippen molar-refractivity contribution in [3.05, 3.63) is 120 Å². The van der Waals surface area contributed by atoms with Gasteiger partial charge in [-0.15, -0.1) is 0 Å². The summed E-state index contributed by atoms with van der Waals surface area (Å²) in [5.41, 5.74) is 4.11. The van der Waals surface area contributed by atoms with Gasteiger partial charge in [0.2, 0.25) is 0 Å².